The Balaban J connectivity index is 1.66. The molecule has 1 fully saturated rings. The highest BCUT2D eigenvalue weighted by Gasteiger charge is 2.33. The number of thioether (sulfide) groups is 1. The maximum absolute atomic E-state index is 13.3. The van der Waals surface area contributed by atoms with Gasteiger partial charge in [0.05, 0.1) is 22.2 Å². The molecule has 0 radical (unpaired) electrons. The minimum Gasteiger partial charge on any atom is -0.490 e. The van der Waals surface area contributed by atoms with E-state index in [1.165, 1.54) is 16.7 Å². The molecule has 4 nitrogen and oxygen atoms in total. The number of anilines is 1. The summed E-state index contributed by atoms with van der Waals surface area (Å²) in [7, 11) is 0. The number of carbonyl (C=O) groups excluding carboxylic acids is 1. The van der Waals surface area contributed by atoms with Crippen LogP contribution in [0.1, 0.15) is 23.6 Å². The van der Waals surface area contributed by atoms with Crippen LogP contribution in [0.3, 0.4) is 0 Å². The second-order valence-electron chi connectivity index (χ2n) is 7.96. The number of thiocarbonyl (C=S) groups is 1. The Hall–Kier alpha value is -2.29. The first-order valence-electron chi connectivity index (χ1n) is 11.3. The van der Waals surface area contributed by atoms with Crippen LogP contribution in [0, 0.1) is 0 Å². The first-order chi connectivity index (χ1) is 17.8. The molecule has 1 amide bonds. The lowest BCUT2D eigenvalue weighted by Gasteiger charge is -2.17. The van der Waals surface area contributed by atoms with Gasteiger partial charge in [-0.3, -0.25) is 9.69 Å². The number of nitrogens with zero attached hydrogens (tertiary/aromatic N) is 1. The summed E-state index contributed by atoms with van der Waals surface area (Å²) in [5, 5.41) is 1.17. The van der Waals surface area contributed by atoms with Crippen molar-refractivity contribution in [2.45, 2.75) is 20.0 Å². The molecule has 0 saturated carbocycles. The minimum absolute atomic E-state index is 0.209. The van der Waals surface area contributed by atoms with Crippen LogP contribution in [0.2, 0.25) is 10.0 Å². The van der Waals surface area contributed by atoms with E-state index in [9.17, 15) is 4.79 Å². The van der Waals surface area contributed by atoms with Crippen LogP contribution < -0.4 is 14.4 Å². The second-order valence-corrected chi connectivity index (χ2v) is 11.3. The van der Waals surface area contributed by atoms with Gasteiger partial charge in [0.1, 0.15) is 6.61 Å². The Labute approximate surface area is 244 Å². The van der Waals surface area contributed by atoms with Gasteiger partial charge in [0.2, 0.25) is 0 Å². The molecule has 1 heterocycles. The highest BCUT2D eigenvalue weighted by atomic mass is 79.9. The highest BCUT2D eigenvalue weighted by molar-refractivity contribution is 9.10. The fourth-order valence-corrected chi connectivity index (χ4v) is 5.55. The van der Waals surface area contributed by atoms with Crippen molar-refractivity contribution in [2.24, 2.45) is 0 Å². The van der Waals surface area contributed by atoms with Crippen molar-refractivity contribution in [2.75, 3.05) is 11.5 Å². The first-order valence-corrected chi connectivity index (χ1v) is 14.1. The van der Waals surface area contributed by atoms with Crippen molar-refractivity contribution in [1.82, 2.24) is 0 Å². The molecule has 0 unspecified atom stereocenters. The number of allylic oxidation sites excluding steroid dienone is 1. The standard InChI is InChI=1S/C28H22BrCl2NO3S2/c1-3-5-19-12-18(13-24(34-4-2)26(19)35-16-17-6-8-20(30)9-7-17)14-25-27(33)32(28(36)37-25)21-10-11-22(29)23(31)15-21/h3,6-15H,1,4-5,16H2,2H3/b25-14-. The van der Waals surface area contributed by atoms with E-state index in [1.807, 2.05) is 49.4 Å². The predicted octanol–water partition coefficient (Wildman–Crippen LogP) is 8.87. The smallest absolute Gasteiger partial charge is 0.270 e. The van der Waals surface area contributed by atoms with E-state index >= 15 is 0 Å². The van der Waals surface area contributed by atoms with Crippen LogP contribution in [0.15, 0.2) is 76.6 Å². The van der Waals surface area contributed by atoms with Gasteiger partial charge in [-0.1, -0.05) is 65.4 Å². The number of benzene rings is 3. The van der Waals surface area contributed by atoms with Gasteiger partial charge < -0.3 is 9.47 Å². The van der Waals surface area contributed by atoms with Gasteiger partial charge in [-0.25, -0.2) is 0 Å². The van der Waals surface area contributed by atoms with Crippen LogP contribution in [0.25, 0.3) is 6.08 Å². The molecule has 3 aromatic rings. The zero-order chi connectivity index (χ0) is 26.5. The van der Waals surface area contributed by atoms with Gasteiger partial charge in [0.25, 0.3) is 5.91 Å². The van der Waals surface area contributed by atoms with Crippen LogP contribution in [0.4, 0.5) is 5.69 Å². The van der Waals surface area contributed by atoms with Gasteiger partial charge in [0.15, 0.2) is 15.8 Å². The summed E-state index contributed by atoms with van der Waals surface area (Å²) in [6.07, 6.45) is 4.19. The predicted molar refractivity (Wildman–Crippen MR) is 162 cm³/mol. The van der Waals surface area contributed by atoms with E-state index in [1.54, 1.807) is 24.3 Å². The highest BCUT2D eigenvalue weighted by Crippen LogP contribution is 2.40. The monoisotopic (exact) mass is 633 g/mol. The Bertz CT molecular complexity index is 1390. The van der Waals surface area contributed by atoms with Gasteiger partial charge in [-0.15, -0.1) is 6.58 Å². The van der Waals surface area contributed by atoms with Crippen molar-refractivity contribution in [3.63, 3.8) is 0 Å². The quantitative estimate of drug-likeness (QED) is 0.134. The van der Waals surface area contributed by atoms with Crippen LogP contribution in [-0.4, -0.2) is 16.8 Å². The van der Waals surface area contributed by atoms with Gasteiger partial charge in [-0.2, -0.15) is 0 Å². The van der Waals surface area contributed by atoms with Crippen molar-refractivity contribution in [1.29, 1.82) is 0 Å². The summed E-state index contributed by atoms with van der Waals surface area (Å²) in [6, 6.07) is 16.6. The van der Waals surface area contributed by atoms with Crippen molar-refractivity contribution in [3.8, 4) is 11.5 Å². The molecule has 0 N–H and O–H groups in total. The van der Waals surface area contributed by atoms with E-state index in [-0.39, 0.29) is 5.91 Å². The van der Waals surface area contributed by atoms with E-state index in [0.717, 1.165) is 21.2 Å². The third-order valence-corrected chi connectivity index (χ3v) is 8.15. The Morgan fingerprint density at radius 1 is 1.11 bits per heavy atom. The van der Waals surface area contributed by atoms with Gasteiger partial charge in [-0.05, 0) is 88.9 Å². The number of hydrogen-bond donors (Lipinski definition) is 0. The van der Waals surface area contributed by atoms with Crippen LogP contribution in [-0.2, 0) is 17.8 Å². The fraction of sp³-hybridized carbons (Fsp3) is 0.143. The van der Waals surface area contributed by atoms with E-state index in [4.69, 9.17) is 44.9 Å². The first kappa shape index (κ1) is 27.7. The number of hydrogen-bond acceptors (Lipinski definition) is 5. The molecular formula is C28H22BrCl2NO3S2. The Morgan fingerprint density at radius 3 is 2.54 bits per heavy atom. The molecule has 4 rings (SSSR count). The number of ether oxygens (including phenoxy) is 2. The molecular weight excluding hydrogens is 613 g/mol. The summed E-state index contributed by atoms with van der Waals surface area (Å²) in [4.78, 5) is 15.3. The summed E-state index contributed by atoms with van der Waals surface area (Å²) < 4.78 is 13.3. The lowest BCUT2D eigenvalue weighted by atomic mass is 10.0. The average Bonchev–Trinajstić information content (AvgIpc) is 3.14. The zero-order valence-corrected chi connectivity index (χ0v) is 24.5. The molecule has 190 valence electrons. The third kappa shape index (κ3) is 6.59. The summed E-state index contributed by atoms with van der Waals surface area (Å²) in [6.45, 7) is 6.62. The number of rotatable bonds is 9. The molecule has 0 atom stereocenters. The second kappa shape index (κ2) is 12.5. The summed E-state index contributed by atoms with van der Waals surface area (Å²) >= 11 is 22.4. The molecule has 0 aromatic heterocycles. The molecule has 3 aromatic carbocycles. The Kier molecular flexibility index (Phi) is 9.37. The lowest BCUT2D eigenvalue weighted by molar-refractivity contribution is -0.113. The van der Waals surface area contributed by atoms with E-state index in [0.29, 0.717) is 56.1 Å². The fourth-order valence-electron chi connectivity index (χ4n) is 3.70. The number of amides is 1. The van der Waals surface area contributed by atoms with E-state index < -0.39 is 0 Å². The maximum atomic E-state index is 13.3. The molecule has 37 heavy (non-hydrogen) atoms. The summed E-state index contributed by atoms with van der Waals surface area (Å²) in [5.41, 5.74) is 3.30. The molecule has 1 aliphatic rings. The lowest BCUT2D eigenvalue weighted by Crippen LogP contribution is -2.27. The van der Waals surface area contributed by atoms with Gasteiger partial charge >= 0.3 is 0 Å². The van der Waals surface area contributed by atoms with Crippen molar-refractivity contribution >= 4 is 85.1 Å². The summed E-state index contributed by atoms with van der Waals surface area (Å²) in [5.74, 6) is 1.03. The molecule has 9 heteroatoms. The van der Waals surface area contributed by atoms with Crippen molar-refractivity contribution < 1.29 is 14.3 Å². The molecule has 1 aliphatic heterocycles. The average molecular weight is 635 g/mol. The normalized spacial score (nSPS) is 14.4. The topological polar surface area (TPSA) is 38.8 Å². The Morgan fingerprint density at radius 2 is 1.86 bits per heavy atom. The third-order valence-electron chi connectivity index (χ3n) is 5.37. The van der Waals surface area contributed by atoms with Crippen LogP contribution >= 0.6 is 63.1 Å². The van der Waals surface area contributed by atoms with Crippen LogP contribution in [0.5, 0.6) is 11.5 Å². The zero-order valence-electron chi connectivity index (χ0n) is 19.8. The molecule has 0 spiro atoms. The largest absolute Gasteiger partial charge is 0.490 e. The maximum Gasteiger partial charge on any atom is 0.270 e. The molecule has 0 aliphatic carbocycles. The molecule has 0 bridgehead atoms. The van der Waals surface area contributed by atoms with Gasteiger partial charge in [0, 0.05) is 15.1 Å². The molecule has 1 saturated heterocycles. The number of carbonyl (C=O) groups is 1. The van der Waals surface area contributed by atoms with E-state index in [2.05, 4.69) is 22.5 Å². The van der Waals surface area contributed by atoms with Crippen molar-refractivity contribution in [3.05, 3.63) is 103 Å². The minimum atomic E-state index is -0.209. The number of halogens is 3. The SMILES string of the molecule is C=CCc1cc(/C=C2\SC(=S)N(c3ccc(Br)c(Cl)c3)C2=O)cc(OCC)c1OCc1ccc(Cl)cc1.